The summed E-state index contributed by atoms with van der Waals surface area (Å²) in [7, 11) is 0. The molecule has 1 N–H and O–H groups in total. The second kappa shape index (κ2) is 12.4. The fraction of sp³-hybridized carbons (Fsp3) is 0.258. The molecule has 4 aromatic rings. The number of carbonyl (C=O) groups excluding carboxylic acids is 1. The maximum absolute atomic E-state index is 13.1. The number of benzene rings is 2. The first-order valence-electron chi connectivity index (χ1n) is 12.9. The monoisotopic (exact) mass is 508 g/mol. The van der Waals surface area contributed by atoms with Crippen LogP contribution in [0.1, 0.15) is 38.3 Å². The lowest BCUT2D eigenvalue weighted by Gasteiger charge is -2.23. The van der Waals surface area contributed by atoms with Crippen molar-refractivity contribution in [3.05, 3.63) is 119 Å². The quantitative estimate of drug-likeness (QED) is 0.416. The molecule has 0 radical (unpaired) electrons. The number of rotatable bonds is 4. The van der Waals surface area contributed by atoms with Gasteiger partial charge in [-0.3, -0.25) is 19.7 Å². The Morgan fingerprint density at radius 1 is 0.974 bits per heavy atom. The summed E-state index contributed by atoms with van der Waals surface area (Å²) < 4.78 is 12.0. The van der Waals surface area contributed by atoms with Crippen LogP contribution < -0.4 is 10.1 Å². The highest BCUT2D eigenvalue weighted by atomic mass is 16.5. The summed E-state index contributed by atoms with van der Waals surface area (Å²) in [6.07, 6.45) is 5.86. The fourth-order valence-electron chi connectivity index (χ4n) is 4.55. The zero-order valence-electron chi connectivity index (χ0n) is 21.6. The van der Waals surface area contributed by atoms with E-state index in [1.165, 1.54) is 11.1 Å². The van der Waals surface area contributed by atoms with E-state index >= 15 is 0 Å². The molecule has 38 heavy (non-hydrogen) atoms. The van der Waals surface area contributed by atoms with E-state index in [0.29, 0.717) is 37.5 Å². The number of hydrogen-bond acceptors (Lipinski definition) is 6. The van der Waals surface area contributed by atoms with Gasteiger partial charge in [-0.2, -0.15) is 0 Å². The molecule has 194 valence electrons. The van der Waals surface area contributed by atoms with Gasteiger partial charge in [-0.05, 0) is 65.6 Å². The molecule has 2 aromatic carbocycles. The molecular formula is C31H32N4O3. The lowest BCUT2D eigenvalue weighted by molar-refractivity contribution is 0.0754. The normalized spacial score (nSPS) is 14.6. The molecule has 1 aliphatic rings. The molecule has 0 atom stereocenters. The van der Waals surface area contributed by atoms with Crippen LogP contribution in [0.5, 0.6) is 5.75 Å². The van der Waals surface area contributed by atoms with Crippen LogP contribution in [0.3, 0.4) is 0 Å². The van der Waals surface area contributed by atoms with Crippen LogP contribution in [0.15, 0.2) is 85.3 Å². The zero-order chi connectivity index (χ0) is 26.2. The van der Waals surface area contributed by atoms with Crippen LogP contribution >= 0.6 is 0 Å². The number of nitrogens with one attached hydrogen (secondary N) is 1. The number of fused-ring (bicyclic) bond motifs is 3. The van der Waals surface area contributed by atoms with Crippen molar-refractivity contribution in [2.75, 3.05) is 31.7 Å². The van der Waals surface area contributed by atoms with Gasteiger partial charge in [0.1, 0.15) is 12.4 Å². The predicted molar refractivity (Wildman–Crippen MR) is 147 cm³/mol. The van der Waals surface area contributed by atoms with Crippen molar-refractivity contribution in [3.63, 3.8) is 0 Å². The van der Waals surface area contributed by atoms with Gasteiger partial charge < -0.3 is 14.8 Å². The van der Waals surface area contributed by atoms with Crippen molar-refractivity contribution >= 4 is 11.6 Å². The molecule has 0 saturated carbocycles. The maximum atomic E-state index is 13.1. The van der Waals surface area contributed by atoms with Gasteiger partial charge in [0, 0.05) is 44.0 Å². The first kappa shape index (κ1) is 25.6. The molecule has 2 aromatic heterocycles. The molecule has 3 heterocycles. The van der Waals surface area contributed by atoms with E-state index in [0.717, 1.165) is 42.2 Å². The molecule has 0 saturated heterocycles. The summed E-state index contributed by atoms with van der Waals surface area (Å²) in [5, 5.41) is 2.97. The van der Waals surface area contributed by atoms with Gasteiger partial charge in [-0.15, -0.1) is 0 Å². The minimum atomic E-state index is -0.175. The standard InChI is InChI=1S/C31H32N4O3/c1-23-10-12-32-20-29(23)34-31(36)26-8-9-30-27(19-26)18-24-5-4-6-25(17-24)21-35(13-14-37-15-16-38-30)22-28-7-2-3-11-33-28/h2-12,17,19-20H,13-16,18,21-22H2,1H3,(H,34,36). The van der Waals surface area contributed by atoms with Gasteiger partial charge >= 0.3 is 0 Å². The number of pyridine rings is 2. The number of hydrogen-bond donors (Lipinski definition) is 1. The average molecular weight is 509 g/mol. The van der Waals surface area contributed by atoms with Gasteiger partial charge in [-0.25, -0.2) is 0 Å². The third-order valence-corrected chi connectivity index (χ3v) is 6.55. The van der Waals surface area contributed by atoms with Crippen LogP contribution in [-0.4, -0.2) is 47.1 Å². The van der Waals surface area contributed by atoms with E-state index in [1.54, 1.807) is 18.5 Å². The topological polar surface area (TPSA) is 76.6 Å². The highest BCUT2D eigenvalue weighted by Gasteiger charge is 2.15. The van der Waals surface area contributed by atoms with E-state index in [2.05, 4.69) is 50.5 Å². The number of amides is 1. The molecule has 2 bridgehead atoms. The molecule has 5 rings (SSSR count). The molecule has 7 heteroatoms. The Kier molecular flexibility index (Phi) is 8.38. The van der Waals surface area contributed by atoms with Gasteiger partial charge in [-0.1, -0.05) is 30.3 Å². The first-order valence-corrected chi connectivity index (χ1v) is 12.9. The number of aromatic nitrogens is 2. The molecule has 0 unspecified atom stereocenters. The number of nitrogens with zero attached hydrogens (tertiary/aromatic N) is 3. The molecule has 1 amide bonds. The maximum Gasteiger partial charge on any atom is 0.255 e. The molecule has 0 aliphatic carbocycles. The van der Waals surface area contributed by atoms with E-state index in [-0.39, 0.29) is 5.91 Å². The minimum Gasteiger partial charge on any atom is -0.491 e. The van der Waals surface area contributed by atoms with E-state index in [9.17, 15) is 4.79 Å². The Bertz CT molecular complexity index is 1380. The van der Waals surface area contributed by atoms with Crippen molar-refractivity contribution in [2.24, 2.45) is 0 Å². The Morgan fingerprint density at radius 2 is 1.89 bits per heavy atom. The number of aryl methyl sites for hydroxylation is 1. The Labute approximate surface area is 223 Å². The number of anilines is 1. The third-order valence-electron chi connectivity index (χ3n) is 6.55. The molecular weight excluding hydrogens is 476 g/mol. The highest BCUT2D eigenvalue weighted by molar-refractivity contribution is 6.04. The van der Waals surface area contributed by atoms with Gasteiger partial charge in [0.2, 0.25) is 0 Å². The smallest absolute Gasteiger partial charge is 0.255 e. The first-order chi connectivity index (χ1) is 18.6. The second-order valence-corrected chi connectivity index (χ2v) is 9.46. The van der Waals surface area contributed by atoms with Crippen molar-refractivity contribution in [1.29, 1.82) is 0 Å². The van der Waals surface area contributed by atoms with Crippen LogP contribution in [0.2, 0.25) is 0 Å². The number of ether oxygens (including phenoxy) is 2. The van der Waals surface area contributed by atoms with E-state index < -0.39 is 0 Å². The summed E-state index contributed by atoms with van der Waals surface area (Å²) in [6.45, 7) is 5.83. The van der Waals surface area contributed by atoms with Crippen LogP contribution in [-0.2, 0) is 24.2 Å². The van der Waals surface area contributed by atoms with Crippen LogP contribution in [0.4, 0.5) is 5.69 Å². The fourth-order valence-corrected chi connectivity index (χ4v) is 4.55. The largest absolute Gasteiger partial charge is 0.491 e. The van der Waals surface area contributed by atoms with Gasteiger partial charge in [0.15, 0.2) is 0 Å². The molecule has 1 aliphatic heterocycles. The average Bonchev–Trinajstić information content (AvgIpc) is 2.93. The van der Waals surface area contributed by atoms with Crippen LogP contribution in [0, 0.1) is 6.92 Å². The lowest BCUT2D eigenvalue weighted by atomic mass is 9.99. The van der Waals surface area contributed by atoms with Crippen molar-refractivity contribution in [2.45, 2.75) is 26.4 Å². The SMILES string of the molecule is Cc1ccncc1NC(=O)c1ccc2c(c1)Cc1cccc(c1)CN(Cc1ccccn1)CCOCCO2. The molecule has 7 nitrogen and oxygen atoms in total. The number of carbonyl (C=O) groups is 1. The summed E-state index contributed by atoms with van der Waals surface area (Å²) in [4.78, 5) is 24.0. The Morgan fingerprint density at radius 3 is 2.76 bits per heavy atom. The van der Waals surface area contributed by atoms with Gasteiger partial charge in [0.05, 0.1) is 30.8 Å². The van der Waals surface area contributed by atoms with Crippen molar-refractivity contribution in [3.8, 4) is 5.75 Å². The predicted octanol–water partition coefficient (Wildman–Crippen LogP) is 5.04. The van der Waals surface area contributed by atoms with Crippen molar-refractivity contribution in [1.82, 2.24) is 14.9 Å². The molecule has 0 spiro atoms. The minimum absolute atomic E-state index is 0.175. The van der Waals surface area contributed by atoms with Gasteiger partial charge in [0.25, 0.3) is 5.91 Å². The molecule has 0 fully saturated rings. The zero-order valence-corrected chi connectivity index (χ0v) is 21.6. The van der Waals surface area contributed by atoms with Crippen molar-refractivity contribution < 1.29 is 14.3 Å². The lowest BCUT2D eigenvalue weighted by Crippen LogP contribution is -2.28. The van der Waals surface area contributed by atoms with Crippen LogP contribution in [0.25, 0.3) is 0 Å². The third kappa shape index (κ3) is 6.82. The summed E-state index contributed by atoms with van der Waals surface area (Å²) in [5.41, 5.74) is 6.62. The van der Waals surface area contributed by atoms with E-state index in [1.807, 2.05) is 43.5 Å². The summed E-state index contributed by atoms with van der Waals surface area (Å²) in [6, 6.07) is 22.1. The highest BCUT2D eigenvalue weighted by Crippen LogP contribution is 2.25. The summed E-state index contributed by atoms with van der Waals surface area (Å²) in [5.74, 6) is 0.590. The van der Waals surface area contributed by atoms with E-state index in [4.69, 9.17) is 9.47 Å². The summed E-state index contributed by atoms with van der Waals surface area (Å²) >= 11 is 0. The second-order valence-electron chi connectivity index (χ2n) is 9.46. The Hall–Kier alpha value is -4.07. The Balaban J connectivity index is 1.38.